The van der Waals surface area contributed by atoms with Gasteiger partial charge in [-0.2, -0.15) is 0 Å². The molecule has 3 aromatic rings. The number of rotatable bonds is 7. The van der Waals surface area contributed by atoms with E-state index in [1.807, 2.05) is 30.3 Å². The fourth-order valence-electron chi connectivity index (χ4n) is 4.66. The Hall–Kier alpha value is -3.93. The molecule has 0 saturated carbocycles. The molecule has 34 heavy (non-hydrogen) atoms. The summed E-state index contributed by atoms with van der Waals surface area (Å²) in [6.07, 6.45) is 3.86. The minimum Gasteiger partial charge on any atom is -0.491 e. The van der Waals surface area contributed by atoms with Gasteiger partial charge in [-0.25, -0.2) is 0 Å². The van der Waals surface area contributed by atoms with Gasteiger partial charge in [-0.15, -0.1) is 0 Å². The molecule has 0 radical (unpaired) electrons. The monoisotopic (exact) mass is 454 g/mol. The van der Waals surface area contributed by atoms with Gasteiger partial charge in [0.05, 0.1) is 22.9 Å². The number of hydrogen-bond donors (Lipinski definition) is 0. The van der Waals surface area contributed by atoms with Crippen LogP contribution in [0.2, 0.25) is 0 Å². The van der Waals surface area contributed by atoms with Crippen molar-refractivity contribution in [1.82, 2.24) is 9.88 Å². The van der Waals surface area contributed by atoms with Gasteiger partial charge in [-0.3, -0.25) is 19.5 Å². The highest BCUT2D eigenvalue weighted by atomic mass is 16.5. The Balaban J connectivity index is 1.39. The zero-order valence-electron chi connectivity index (χ0n) is 19.2. The molecular weight excluding hydrogens is 428 g/mol. The Morgan fingerprint density at radius 3 is 2.47 bits per heavy atom. The fourth-order valence-corrected chi connectivity index (χ4v) is 4.66. The van der Waals surface area contributed by atoms with Crippen molar-refractivity contribution in [2.45, 2.75) is 32.4 Å². The number of nitrogens with zero attached hydrogens (tertiary/aromatic N) is 2. The molecule has 0 fully saturated rings. The summed E-state index contributed by atoms with van der Waals surface area (Å²) in [4.78, 5) is 32.0. The van der Waals surface area contributed by atoms with E-state index in [0.29, 0.717) is 29.0 Å². The number of fused-ring (bicyclic) bond motifs is 4. The Labute approximate surface area is 198 Å². The van der Waals surface area contributed by atoms with Crippen molar-refractivity contribution in [2.24, 2.45) is 5.92 Å². The van der Waals surface area contributed by atoms with Gasteiger partial charge in [-0.1, -0.05) is 38.6 Å². The van der Waals surface area contributed by atoms with Gasteiger partial charge < -0.3 is 9.47 Å². The van der Waals surface area contributed by atoms with E-state index in [9.17, 15) is 9.59 Å². The van der Waals surface area contributed by atoms with Crippen molar-refractivity contribution in [2.75, 3.05) is 6.61 Å². The van der Waals surface area contributed by atoms with Gasteiger partial charge in [0.1, 0.15) is 24.2 Å². The first-order chi connectivity index (χ1) is 16.5. The largest absolute Gasteiger partial charge is 0.491 e. The lowest BCUT2D eigenvalue weighted by molar-refractivity contribution is 0.0507. The maximum absolute atomic E-state index is 13.0. The third kappa shape index (κ3) is 3.75. The highest BCUT2D eigenvalue weighted by Crippen LogP contribution is 2.43. The fraction of sp³-hybridized carbons (Fsp3) is 0.250. The number of carbonyl (C=O) groups excluding carboxylic acids is 2. The zero-order chi connectivity index (χ0) is 23.8. The van der Waals surface area contributed by atoms with Crippen LogP contribution in [0.25, 0.3) is 11.3 Å². The Kier molecular flexibility index (Phi) is 5.65. The lowest BCUT2D eigenvalue weighted by Crippen LogP contribution is -2.44. The Bertz CT molecular complexity index is 1250. The van der Waals surface area contributed by atoms with Crippen molar-refractivity contribution >= 4 is 11.8 Å². The lowest BCUT2D eigenvalue weighted by atomic mass is 9.97. The summed E-state index contributed by atoms with van der Waals surface area (Å²) in [5.74, 6) is 1.02. The van der Waals surface area contributed by atoms with E-state index in [1.54, 1.807) is 36.5 Å². The number of aromatic nitrogens is 1. The molecule has 2 amide bonds. The molecule has 6 nitrogen and oxygen atoms in total. The summed E-state index contributed by atoms with van der Waals surface area (Å²) >= 11 is 0. The second-order valence-electron chi connectivity index (χ2n) is 8.99. The number of amides is 2. The minimum atomic E-state index is -0.382. The second kappa shape index (κ2) is 8.78. The predicted octanol–water partition coefficient (Wildman–Crippen LogP) is 5.46. The first-order valence-corrected chi connectivity index (χ1v) is 11.5. The quantitative estimate of drug-likeness (QED) is 0.350. The number of pyridine rings is 1. The lowest BCUT2D eigenvalue weighted by Gasteiger charge is -2.28. The molecule has 2 aliphatic rings. The van der Waals surface area contributed by atoms with E-state index in [4.69, 9.17) is 9.47 Å². The average Bonchev–Trinajstić information content (AvgIpc) is 3.10. The SMILES string of the molecule is C=CC1Oc2cc(OC[C@H](CC(C)C)N3C(=O)c4ccccc4C3=O)ccc2-c2ncccc21. The molecule has 0 bridgehead atoms. The molecule has 5 rings (SSSR count). The summed E-state index contributed by atoms with van der Waals surface area (Å²) in [5.41, 5.74) is 3.63. The minimum absolute atomic E-state index is 0.197. The number of benzene rings is 2. The molecule has 3 heterocycles. The van der Waals surface area contributed by atoms with Gasteiger partial charge in [0.25, 0.3) is 11.8 Å². The van der Waals surface area contributed by atoms with Crippen LogP contribution in [-0.4, -0.2) is 34.3 Å². The van der Waals surface area contributed by atoms with E-state index >= 15 is 0 Å². The molecule has 0 spiro atoms. The van der Waals surface area contributed by atoms with Crippen molar-refractivity contribution in [3.05, 3.63) is 90.1 Å². The third-order valence-electron chi connectivity index (χ3n) is 6.20. The number of ether oxygens (including phenoxy) is 2. The van der Waals surface area contributed by atoms with Crippen molar-refractivity contribution < 1.29 is 19.1 Å². The summed E-state index contributed by atoms with van der Waals surface area (Å²) < 4.78 is 12.3. The molecule has 2 aliphatic heterocycles. The highest BCUT2D eigenvalue weighted by Gasteiger charge is 2.40. The topological polar surface area (TPSA) is 68.7 Å². The number of carbonyl (C=O) groups is 2. The van der Waals surface area contributed by atoms with Gasteiger partial charge in [-0.05, 0) is 48.7 Å². The molecule has 6 heteroatoms. The van der Waals surface area contributed by atoms with Crippen LogP contribution in [0.3, 0.4) is 0 Å². The van der Waals surface area contributed by atoms with Crippen LogP contribution in [0.4, 0.5) is 0 Å². The Morgan fingerprint density at radius 2 is 1.79 bits per heavy atom. The van der Waals surface area contributed by atoms with Crippen molar-refractivity contribution in [3.63, 3.8) is 0 Å². The molecule has 2 aromatic carbocycles. The number of hydrogen-bond acceptors (Lipinski definition) is 5. The first-order valence-electron chi connectivity index (χ1n) is 11.5. The molecule has 0 saturated heterocycles. The van der Waals surface area contributed by atoms with Gasteiger partial charge >= 0.3 is 0 Å². The average molecular weight is 455 g/mol. The summed E-state index contributed by atoms with van der Waals surface area (Å²) in [5, 5.41) is 0. The molecule has 172 valence electrons. The van der Waals surface area contributed by atoms with E-state index in [-0.39, 0.29) is 36.5 Å². The van der Waals surface area contributed by atoms with E-state index in [0.717, 1.165) is 16.8 Å². The molecule has 1 aromatic heterocycles. The third-order valence-corrected chi connectivity index (χ3v) is 6.20. The number of imide groups is 1. The maximum Gasteiger partial charge on any atom is 0.261 e. The van der Waals surface area contributed by atoms with Crippen molar-refractivity contribution in [3.8, 4) is 22.8 Å². The predicted molar refractivity (Wildman–Crippen MR) is 129 cm³/mol. The van der Waals surface area contributed by atoms with Crippen LogP contribution < -0.4 is 9.47 Å². The van der Waals surface area contributed by atoms with Crippen LogP contribution in [0.1, 0.15) is 52.7 Å². The smallest absolute Gasteiger partial charge is 0.261 e. The van der Waals surface area contributed by atoms with Crippen LogP contribution in [-0.2, 0) is 0 Å². The summed E-state index contributed by atoms with van der Waals surface area (Å²) in [6, 6.07) is 16.1. The highest BCUT2D eigenvalue weighted by molar-refractivity contribution is 6.21. The van der Waals surface area contributed by atoms with Crippen LogP contribution >= 0.6 is 0 Å². The van der Waals surface area contributed by atoms with Gasteiger partial charge in [0.15, 0.2) is 0 Å². The van der Waals surface area contributed by atoms with Crippen LogP contribution in [0.15, 0.2) is 73.4 Å². The van der Waals surface area contributed by atoms with Gasteiger partial charge in [0.2, 0.25) is 0 Å². The van der Waals surface area contributed by atoms with E-state index < -0.39 is 0 Å². The Morgan fingerprint density at radius 1 is 1.06 bits per heavy atom. The van der Waals surface area contributed by atoms with E-state index in [2.05, 4.69) is 25.4 Å². The summed E-state index contributed by atoms with van der Waals surface area (Å²) in [7, 11) is 0. The second-order valence-corrected chi connectivity index (χ2v) is 8.99. The van der Waals surface area contributed by atoms with E-state index in [1.165, 1.54) is 4.90 Å². The molecule has 0 aliphatic carbocycles. The maximum atomic E-state index is 13.0. The van der Waals surface area contributed by atoms with Crippen molar-refractivity contribution in [1.29, 1.82) is 0 Å². The normalized spacial score (nSPS) is 17.0. The first kappa shape index (κ1) is 21.9. The standard InChI is InChI=1S/C28H26N2O4/c1-4-24-22-10-7-13-29-26(22)23-12-11-19(15-25(23)34-24)33-16-18(14-17(2)3)30-27(31)20-8-5-6-9-21(20)28(30)32/h4-13,15,17-18,24H,1,14,16H2,2-3H3/t18-,24?/m0/s1. The molecule has 2 atom stereocenters. The summed E-state index contributed by atoms with van der Waals surface area (Å²) in [6.45, 7) is 8.22. The zero-order valence-corrected chi connectivity index (χ0v) is 19.2. The molecule has 0 N–H and O–H groups in total. The van der Waals surface area contributed by atoms with Crippen LogP contribution in [0.5, 0.6) is 11.5 Å². The molecule has 1 unspecified atom stereocenters. The molecular formula is C28H26N2O4. The van der Waals surface area contributed by atoms with Gasteiger partial charge in [0, 0.05) is 23.4 Å². The van der Waals surface area contributed by atoms with Crippen LogP contribution in [0, 0.1) is 5.92 Å².